The molecule has 4 nitrogen and oxygen atoms in total. The summed E-state index contributed by atoms with van der Waals surface area (Å²) in [7, 11) is -3.36. The number of aromatic nitrogens is 1. The highest BCUT2D eigenvalue weighted by Crippen LogP contribution is 2.21. The topological polar surface area (TPSA) is 59.1 Å². The number of hydrogen-bond acceptors (Lipinski definition) is 5. The molecule has 0 spiro atoms. The Balaban J connectivity index is 1.95. The molecule has 0 fully saturated rings. The zero-order chi connectivity index (χ0) is 13.0. The Hall–Kier alpha value is -0.760. The van der Waals surface area contributed by atoms with Crippen molar-refractivity contribution >= 4 is 32.7 Å². The molecule has 0 saturated heterocycles. The van der Waals surface area contributed by atoms with Gasteiger partial charge in [-0.05, 0) is 18.6 Å². The van der Waals surface area contributed by atoms with E-state index in [-0.39, 0.29) is 0 Å². The van der Waals surface area contributed by atoms with Crippen molar-refractivity contribution in [1.82, 2.24) is 9.71 Å². The van der Waals surface area contributed by atoms with E-state index in [1.807, 2.05) is 18.4 Å². The maximum Gasteiger partial charge on any atom is 0.250 e. The molecule has 0 radical (unpaired) electrons. The molecule has 0 amide bonds. The van der Waals surface area contributed by atoms with E-state index in [1.54, 1.807) is 12.3 Å². The largest absolute Gasteiger partial charge is 0.250 e. The van der Waals surface area contributed by atoms with Crippen LogP contribution in [0.1, 0.15) is 16.8 Å². The third-order valence-corrected chi connectivity index (χ3v) is 6.39. The van der Waals surface area contributed by atoms with Crippen molar-refractivity contribution in [2.45, 2.75) is 24.0 Å². The SMILES string of the molecule is CCc1ccc(S(=O)(=O)NCCc2nccs2)s1. The Morgan fingerprint density at radius 1 is 1.39 bits per heavy atom. The summed E-state index contributed by atoms with van der Waals surface area (Å²) in [5.74, 6) is 0. The lowest BCUT2D eigenvalue weighted by molar-refractivity contribution is 0.583. The molecule has 0 unspecified atom stereocenters. The first kappa shape index (κ1) is 13.7. The van der Waals surface area contributed by atoms with Gasteiger partial charge < -0.3 is 0 Å². The number of thiazole rings is 1. The Morgan fingerprint density at radius 2 is 2.22 bits per heavy atom. The van der Waals surface area contributed by atoms with E-state index in [2.05, 4.69) is 9.71 Å². The minimum atomic E-state index is -3.36. The number of hydrogen-bond donors (Lipinski definition) is 1. The van der Waals surface area contributed by atoms with Crippen molar-refractivity contribution in [3.05, 3.63) is 33.6 Å². The molecule has 1 N–H and O–H groups in total. The molecule has 7 heteroatoms. The minimum absolute atomic E-state index is 0.384. The first-order valence-electron chi connectivity index (χ1n) is 5.58. The Bertz CT molecular complexity index is 588. The summed E-state index contributed by atoms with van der Waals surface area (Å²) in [6.45, 7) is 2.40. The molecule has 2 aromatic heterocycles. The third-order valence-electron chi connectivity index (χ3n) is 2.36. The van der Waals surface area contributed by atoms with Gasteiger partial charge in [-0.15, -0.1) is 22.7 Å². The van der Waals surface area contributed by atoms with Gasteiger partial charge in [0, 0.05) is 29.4 Å². The molecular weight excluding hydrogens is 288 g/mol. The van der Waals surface area contributed by atoms with E-state index in [9.17, 15) is 8.42 Å². The number of thiophene rings is 1. The maximum absolute atomic E-state index is 12.0. The third kappa shape index (κ3) is 3.38. The fraction of sp³-hybridized carbons (Fsp3) is 0.364. The van der Waals surface area contributed by atoms with E-state index < -0.39 is 10.0 Å². The van der Waals surface area contributed by atoms with E-state index in [4.69, 9.17) is 0 Å². The van der Waals surface area contributed by atoms with Crippen LogP contribution in [0, 0.1) is 0 Å². The van der Waals surface area contributed by atoms with Crippen LogP contribution in [-0.4, -0.2) is 19.9 Å². The smallest absolute Gasteiger partial charge is 0.250 e. The number of rotatable bonds is 6. The molecule has 0 bridgehead atoms. The average molecular weight is 302 g/mol. The van der Waals surface area contributed by atoms with Gasteiger partial charge in [0.25, 0.3) is 0 Å². The second kappa shape index (κ2) is 5.92. The van der Waals surface area contributed by atoms with Crippen LogP contribution < -0.4 is 4.72 Å². The molecule has 0 aliphatic rings. The summed E-state index contributed by atoms with van der Waals surface area (Å²) >= 11 is 2.86. The van der Waals surface area contributed by atoms with E-state index in [1.165, 1.54) is 22.7 Å². The van der Waals surface area contributed by atoms with Crippen molar-refractivity contribution in [2.75, 3.05) is 6.54 Å². The van der Waals surface area contributed by atoms with Crippen LogP contribution in [-0.2, 0) is 22.9 Å². The number of nitrogens with one attached hydrogen (secondary N) is 1. The van der Waals surface area contributed by atoms with Crippen LogP contribution >= 0.6 is 22.7 Å². The zero-order valence-corrected chi connectivity index (χ0v) is 12.4. The number of nitrogens with zero attached hydrogens (tertiary/aromatic N) is 1. The maximum atomic E-state index is 12.0. The lowest BCUT2D eigenvalue weighted by Crippen LogP contribution is -2.25. The molecule has 0 aromatic carbocycles. The predicted molar refractivity (Wildman–Crippen MR) is 74.7 cm³/mol. The fourth-order valence-electron chi connectivity index (χ4n) is 1.43. The van der Waals surface area contributed by atoms with Crippen molar-refractivity contribution in [1.29, 1.82) is 0 Å². The molecule has 2 aromatic rings. The monoisotopic (exact) mass is 302 g/mol. The summed E-state index contributed by atoms with van der Waals surface area (Å²) in [4.78, 5) is 5.19. The van der Waals surface area contributed by atoms with Gasteiger partial charge in [0.15, 0.2) is 0 Å². The summed E-state index contributed by atoms with van der Waals surface area (Å²) in [6.07, 6.45) is 3.21. The highest BCUT2D eigenvalue weighted by molar-refractivity contribution is 7.91. The molecule has 0 aliphatic carbocycles. The molecule has 2 rings (SSSR count). The van der Waals surface area contributed by atoms with Crippen LogP contribution in [0.4, 0.5) is 0 Å². The van der Waals surface area contributed by atoms with Gasteiger partial charge in [-0.25, -0.2) is 18.1 Å². The molecule has 0 aliphatic heterocycles. The van der Waals surface area contributed by atoms with Gasteiger partial charge in [0.2, 0.25) is 10.0 Å². The van der Waals surface area contributed by atoms with Crippen LogP contribution in [0.3, 0.4) is 0 Å². The van der Waals surface area contributed by atoms with E-state index in [0.717, 1.165) is 16.3 Å². The highest BCUT2D eigenvalue weighted by Gasteiger charge is 2.15. The molecule has 2 heterocycles. The second-order valence-electron chi connectivity index (χ2n) is 3.65. The standard InChI is InChI=1S/C11H14N2O2S3/c1-2-9-3-4-11(17-9)18(14,15)13-6-5-10-12-7-8-16-10/h3-4,7-8,13H,2,5-6H2,1H3. The first-order valence-corrected chi connectivity index (χ1v) is 8.76. The highest BCUT2D eigenvalue weighted by atomic mass is 32.2. The van der Waals surface area contributed by atoms with E-state index >= 15 is 0 Å². The molecule has 0 atom stereocenters. The van der Waals surface area contributed by atoms with Gasteiger partial charge in [0.1, 0.15) is 4.21 Å². The number of aryl methyl sites for hydroxylation is 1. The number of sulfonamides is 1. The van der Waals surface area contributed by atoms with Crippen LogP contribution in [0.5, 0.6) is 0 Å². The van der Waals surface area contributed by atoms with Gasteiger partial charge in [-0.1, -0.05) is 6.92 Å². The van der Waals surface area contributed by atoms with Crippen LogP contribution in [0.25, 0.3) is 0 Å². The molecule has 18 heavy (non-hydrogen) atoms. The molecule has 0 saturated carbocycles. The second-order valence-corrected chi connectivity index (χ2v) is 7.79. The fourth-order valence-corrected chi connectivity index (χ4v) is 4.42. The van der Waals surface area contributed by atoms with Crippen molar-refractivity contribution in [2.24, 2.45) is 0 Å². The van der Waals surface area contributed by atoms with Gasteiger partial charge >= 0.3 is 0 Å². The predicted octanol–water partition coefficient (Wildman–Crippen LogP) is 2.29. The van der Waals surface area contributed by atoms with E-state index in [0.29, 0.717) is 17.2 Å². The van der Waals surface area contributed by atoms with Gasteiger partial charge in [-0.3, -0.25) is 0 Å². The minimum Gasteiger partial charge on any atom is -0.250 e. The van der Waals surface area contributed by atoms with Crippen LogP contribution in [0.15, 0.2) is 27.9 Å². The molecule has 98 valence electrons. The Morgan fingerprint density at radius 3 is 2.83 bits per heavy atom. The zero-order valence-electron chi connectivity index (χ0n) is 9.92. The van der Waals surface area contributed by atoms with Crippen molar-refractivity contribution in [3.8, 4) is 0 Å². The lowest BCUT2D eigenvalue weighted by Gasteiger charge is -2.02. The Kier molecular flexibility index (Phi) is 4.50. The summed E-state index contributed by atoms with van der Waals surface area (Å²) in [5, 5.41) is 2.83. The molecular formula is C11H14N2O2S3. The summed E-state index contributed by atoms with van der Waals surface area (Å²) in [6, 6.07) is 3.52. The first-order chi connectivity index (χ1) is 8.62. The van der Waals surface area contributed by atoms with Gasteiger partial charge in [0.05, 0.1) is 5.01 Å². The van der Waals surface area contributed by atoms with Crippen LogP contribution in [0.2, 0.25) is 0 Å². The summed E-state index contributed by atoms with van der Waals surface area (Å²) in [5.41, 5.74) is 0. The summed E-state index contributed by atoms with van der Waals surface area (Å²) < 4.78 is 26.9. The Labute approximate surface area is 115 Å². The van der Waals surface area contributed by atoms with Crippen molar-refractivity contribution < 1.29 is 8.42 Å². The lowest BCUT2D eigenvalue weighted by atomic mass is 10.4. The average Bonchev–Trinajstić information content (AvgIpc) is 2.99. The normalized spacial score (nSPS) is 11.8. The van der Waals surface area contributed by atoms with Crippen molar-refractivity contribution in [3.63, 3.8) is 0 Å². The quantitative estimate of drug-likeness (QED) is 0.890. The van der Waals surface area contributed by atoms with Gasteiger partial charge in [-0.2, -0.15) is 0 Å².